The van der Waals surface area contributed by atoms with E-state index in [9.17, 15) is 0 Å². The second-order valence-electron chi connectivity index (χ2n) is 5.18. The minimum atomic E-state index is -0.133. The van der Waals surface area contributed by atoms with Gasteiger partial charge in [0.25, 0.3) is 0 Å². The van der Waals surface area contributed by atoms with Gasteiger partial charge < -0.3 is 14.0 Å². The molecule has 1 heterocycles. The minimum Gasteiger partial charge on any atom is -0.483 e. The lowest BCUT2D eigenvalue weighted by Gasteiger charge is -2.16. The summed E-state index contributed by atoms with van der Waals surface area (Å²) in [4.78, 5) is 4.74. The van der Waals surface area contributed by atoms with Gasteiger partial charge in [-0.2, -0.15) is 0 Å². The van der Waals surface area contributed by atoms with Gasteiger partial charge in [0.15, 0.2) is 11.9 Å². The summed E-state index contributed by atoms with van der Waals surface area (Å²) in [5.74, 6) is 1.77. The molecule has 3 rings (SSSR count). The van der Waals surface area contributed by atoms with Gasteiger partial charge in [-0.1, -0.05) is 30.3 Å². The zero-order chi connectivity index (χ0) is 15.4. The van der Waals surface area contributed by atoms with Crippen molar-refractivity contribution >= 4 is 11.0 Å². The molecule has 0 bridgehead atoms. The summed E-state index contributed by atoms with van der Waals surface area (Å²) in [7, 11) is 1.71. The SMILES string of the molecule is COCCn1c(C(C)Oc2ccccc2)nc2ccccc21. The highest BCUT2D eigenvalue weighted by atomic mass is 16.5. The third-order valence-electron chi connectivity index (χ3n) is 3.62. The molecule has 0 spiro atoms. The average molecular weight is 296 g/mol. The summed E-state index contributed by atoms with van der Waals surface area (Å²) in [6.07, 6.45) is -0.133. The zero-order valence-corrected chi connectivity index (χ0v) is 12.9. The molecule has 0 saturated carbocycles. The van der Waals surface area contributed by atoms with Crippen molar-refractivity contribution in [1.29, 1.82) is 0 Å². The Balaban J connectivity index is 1.94. The molecule has 114 valence electrons. The largest absolute Gasteiger partial charge is 0.483 e. The van der Waals surface area contributed by atoms with Crippen LogP contribution in [0.15, 0.2) is 54.6 Å². The number of para-hydroxylation sites is 3. The van der Waals surface area contributed by atoms with E-state index in [4.69, 9.17) is 14.5 Å². The lowest BCUT2D eigenvalue weighted by atomic mass is 10.3. The molecule has 1 atom stereocenters. The van der Waals surface area contributed by atoms with E-state index in [0.717, 1.165) is 29.2 Å². The van der Waals surface area contributed by atoms with Crippen molar-refractivity contribution in [2.75, 3.05) is 13.7 Å². The van der Waals surface area contributed by atoms with Crippen LogP contribution in [0.1, 0.15) is 18.9 Å². The Bertz CT molecular complexity index is 737. The van der Waals surface area contributed by atoms with Gasteiger partial charge in [0.05, 0.1) is 17.6 Å². The molecule has 0 N–H and O–H groups in total. The number of imidazole rings is 1. The monoisotopic (exact) mass is 296 g/mol. The zero-order valence-electron chi connectivity index (χ0n) is 12.9. The first kappa shape index (κ1) is 14.6. The number of hydrogen-bond acceptors (Lipinski definition) is 3. The summed E-state index contributed by atoms with van der Waals surface area (Å²) < 4.78 is 13.4. The van der Waals surface area contributed by atoms with E-state index in [1.165, 1.54) is 0 Å². The first-order valence-electron chi connectivity index (χ1n) is 7.45. The first-order chi connectivity index (χ1) is 10.8. The number of fused-ring (bicyclic) bond motifs is 1. The Kier molecular flexibility index (Phi) is 4.39. The van der Waals surface area contributed by atoms with Gasteiger partial charge >= 0.3 is 0 Å². The fourth-order valence-corrected chi connectivity index (χ4v) is 2.58. The van der Waals surface area contributed by atoms with Gasteiger partial charge in [0.2, 0.25) is 0 Å². The van der Waals surface area contributed by atoms with Crippen LogP contribution in [-0.2, 0) is 11.3 Å². The Morgan fingerprint density at radius 1 is 1.05 bits per heavy atom. The molecule has 0 fully saturated rings. The van der Waals surface area contributed by atoms with E-state index in [0.29, 0.717) is 6.61 Å². The van der Waals surface area contributed by atoms with Crippen LogP contribution >= 0.6 is 0 Å². The van der Waals surface area contributed by atoms with Crippen LogP contribution in [0, 0.1) is 0 Å². The normalized spacial score (nSPS) is 12.5. The fraction of sp³-hybridized carbons (Fsp3) is 0.278. The van der Waals surface area contributed by atoms with Crippen molar-refractivity contribution in [3.05, 3.63) is 60.4 Å². The minimum absolute atomic E-state index is 0.133. The van der Waals surface area contributed by atoms with E-state index >= 15 is 0 Å². The Morgan fingerprint density at radius 3 is 2.55 bits per heavy atom. The van der Waals surface area contributed by atoms with Crippen LogP contribution in [0.4, 0.5) is 0 Å². The van der Waals surface area contributed by atoms with Crippen LogP contribution in [0.3, 0.4) is 0 Å². The predicted molar refractivity (Wildman–Crippen MR) is 87.1 cm³/mol. The second kappa shape index (κ2) is 6.62. The van der Waals surface area contributed by atoms with Crippen LogP contribution in [0.2, 0.25) is 0 Å². The van der Waals surface area contributed by atoms with Crippen molar-refractivity contribution in [3.8, 4) is 5.75 Å². The summed E-state index contributed by atoms with van der Waals surface area (Å²) in [6.45, 7) is 3.43. The molecule has 4 nitrogen and oxygen atoms in total. The summed E-state index contributed by atoms with van der Waals surface area (Å²) in [6, 6.07) is 18.0. The maximum atomic E-state index is 6.03. The highest BCUT2D eigenvalue weighted by Gasteiger charge is 2.17. The lowest BCUT2D eigenvalue weighted by Crippen LogP contribution is -2.14. The third kappa shape index (κ3) is 2.97. The molecule has 22 heavy (non-hydrogen) atoms. The van der Waals surface area contributed by atoms with Gasteiger partial charge in [-0.15, -0.1) is 0 Å². The maximum Gasteiger partial charge on any atom is 0.153 e. The molecule has 0 aliphatic carbocycles. The van der Waals surface area contributed by atoms with Crippen LogP contribution in [-0.4, -0.2) is 23.3 Å². The van der Waals surface area contributed by atoms with E-state index in [1.54, 1.807) is 7.11 Å². The van der Waals surface area contributed by atoms with Crippen LogP contribution in [0.5, 0.6) is 5.75 Å². The van der Waals surface area contributed by atoms with Crippen molar-refractivity contribution in [2.24, 2.45) is 0 Å². The smallest absolute Gasteiger partial charge is 0.153 e. The predicted octanol–water partition coefficient (Wildman–Crippen LogP) is 3.82. The van der Waals surface area contributed by atoms with E-state index in [-0.39, 0.29) is 6.10 Å². The van der Waals surface area contributed by atoms with Gasteiger partial charge in [0.1, 0.15) is 5.75 Å². The summed E-state index contributed by atoms with van der Waals surface area (Å²) in [5, 5.41) is 0. The number of hydrogen-bond donors (Lipinski definition) is 0. The molecular weight excluding hydrogens is 276 g/mol. The quantitative estimate of drug-likeness (QED) is 0.693. The number of rotatable bonds is 6. The molecule has 0 radical (unpaired) electrons. The number of aromatic nitrogens is 2. The van der Waals surface area contributed by atoms with Gasteiger partial charge in [-0.25, -0.2) is 4.98 Å². The Hall–Kier alpha value is -2.33. The molecule has 4 heteroatoms. The average Bonchev–Trinajstić information content (AvgIpc) is 2.92. The molecule has 1 aromatic heterocycles. The van der Waals surface area contributed by atoms with E-state index in [1.807, 2.05) is 55.5 Å². The van der Waals surface area contributed by atoms with Crippen LogP contribution in [0.25, 0.3) is 11.0 Å². The van der Waals surface area contributed by atoms with Crippen LogP contribution < -0.4 is 4.74 Å². The molecule has 0 amide bonds. The highest BCUT2D eigenvalue weighted by molar-refractivity contribution is 5.76. The van der Waals surface area contributed by atoms with Gasteiger partial charge in [-0.05, 0) is 31.2 Å². The van der Waals surface area contributed by atoms with Crippen molar-refractivity contribution in [1.82, 2.24) is 9.55 Å². The fourth-order valence-electron chi connectivity index (χ4n) is 2.58. The maximum absolute atomic E-state index is 6.03. The number of methoxy groups -OCH3 is 1. The lowest BCUT2D eigenvalue weighted by molar-refractivity contribution is 0.177. The number of nitrogens with zero attached hydrogens (tertiary/aromatic N) is 2. The molecular formula is C18H20N2O2. The van der Waals surface area contributed by atoms with Crippen molar-refractivity contribution < 1.29 is 9.47 Å². The highest BCUT2D eigenvalue weighted by Crippen LogP contribution is 2.25. The number of benzene rings is 2. The molecule has 2 aromatic carbocycles. The second-order valence-corrected chi connectivity index (χ2v) is 5.18. The molecule has 0 saturated heterocycles. The topological polar surface area (TPSA) is 36.3 Å². The third-order valence-corrected chi connectivity index (χ3v) is 3.62. The van der Waals surface area contributed by atoms with Gasteiger partial charge in [0, 0.05) is 13.7 Å². The molecule has 1 unspecified atom stereocenters. The molecule has 0 aliphatic rings. The van der Waals surface area contributed by atoms with Crippen molar-refractivity contribution in [3.63, 3.8) is 0 Å². The van der Waals surface area contributed by atoms with E-state index < -0.39 is 0 Å². The van der Waals surface area contributed by atoms with E-state index in [2.05, 4.69) is 10.6 Å². The standard InChI is InChI=1S/C18H20N2O2/c1-14(22-15-8-4-3-5-9-15)18-19-16-10-6-7-11-17(16)20(18)12-13-21-2/h3-11,14H,12-13H2,1-2H3. The molecule has 0 aliphatic heterocycles. The van der Waals surface area contributed by atoms with Crippen molar-refractivity contribution in [2.45, 2.75) is 19.6 Å². The van der Waals surface area contributed by atoms with Gasteiger partial charge in [-0.3, -0.25) is 0 Å². The Morgan fingerprint density at radius 2 is 1.77 bits per heavy atom. The summed E-state index contributed by atoms with van der Waals surface area (Å²) >= 11 is 0. The first-order valence-corrected chi connectivity index (χ1v) is 7.45. The molecule has 3 aromatic rings. The summed E-state index contributed by atoms with van der Waals surface area (Å²) in [5.41, 5.74) is 2.09. The number of ether oxygens (including phenoxy) is 2. The Labute approximate surface area is 130 Å².